The average Bonchev–Trinajstić information content (AvgIpc) is 2.91. The van der Waals surface area contributed by atoms with E-state index in [0.717, 1.165) is 19.3 Å². The van der Waals surface area contributed by atoms with E-state index in [9.17, 15) is 29.7 Å². The molecule has 0 aromatic heterocycles. The normalized spacial score (nSPS) is 15.5. The van der Waals surface area contributed by atoms with Gasteiger partial charge in [-0.25, -0.2) is 9.59 Å². The molecule has 0 spiro atoms. The molecule has 0 heterocycles. The molecular weight excluding hydrogens is 506 g/mol. The Morgan fingerprint density at radius 2 is 0.950 bits per heavy atom. The largest absolute Gasteiger partial charge is 0.544 e. The summed E-state index contributed by atoms with van der Waals surface area (Å²) in [5, 5.41) is 32.9. The molecule has 0 saturated carbocycles. The number of quaternary nitrogens is 1. The minimum atomic E-state index is -1.36. The van der Waals surface area contributed by atoms with Gasteiger partial charge in [-0.3, -0.25) is 4.48 Å². The summed E-state index contributed by atoms with van der Waals surface area (Å²) < 4.78 is -0.516. The van der Waals surface area contributed by atoms with Crippen molar-refractivity contribution < 1.29 is 34.2 Å². The maximum atomic E-state index is 12.5. The van der Waals surface area contributed by atoms with E-state index in [1.807, 2.05) is 32.9 Å². The van der Waals surface area contributed by atoms with Crippen LogP contribution >= 0.6 is 0 Å². The minimum Gasteiger partial charge on any atom is -0.544 e. The van der Waals surface area contributed by atoms with Gasteiger partial charge in [0.05, 0.1) is 12.5 Å². The zero-order valence-corrected chi connectivity index (χ0v) is 26.2. The van der Waals surface area contributed by atoms with Crippen LogP contribution in [0, 0.1) is 0 Å². The standard InChI is InChI=1S/C33H61NO6/c1-5-9-10-11-12-13-14-15-16-17-18-19-20-21-22-23-27-34(28(24-6-2)31(35)36,29(25-7-3)32(37)38)30(26-8-4)33(39)40/h22-23,28-30H,5-21,24-27H2,1-4H3,(H2-,35,36,37,38,39,40)/b23-22+. The summed E-state index contributed by atoms with van der Waals surface area (Å²) in [6.45, 7) is 7.83. The summed E-state index contributed by atoms with van der Waals surface area (Å²) in [7, 11) is 0. The van der Waals surface area contributed by atoms with Crippen molar-refractivity contribution in [3.05, 3.63) is 12.2 Å². The number of aliphatic carboxylic acids is 3. The molecule has 2 N–H and O–H groups in total. The van der Waals surface area contributed by atoms with E-state index in [1.165, 1.54) is 70.6 Å². The number of carboxylic acid groups (broad SMARTS) is 3. The summed E-state index contributed by atoms with van der Waals surface area (Å²) in [6, 6.07) is -3.47. The number of carbonyl (C=O) groups is 3. The van der Waals surface area contributed by atoms with E-state index >= 15 is 0 Å². The molecule has 7 nitrogen and oxygen atoms in total. The Hall–Kier alpha value is -1.89. The molecule has 3 unspecified atom stereocenters. The highest BCUT2D eigenvalue weighted by Crippen LogP contribution is 2.33. The maximum absolute atomic E-state index is 12.5. The molecule has 0 rings (SSSR count). The van der Waals surface area contributed by atoms with Crippen LogP contribution in [0.25, 0.3) is 0 Å². The van der Waals surface area contributed by atoms with Crippen molar-refractivity contribution in [2.24, 2.45) is 0 Å². The fourth-order valence-electron chi connectivity index (χ4n) is 6.20. The number of nitrogens with zero attached hydrogens (tertiary/aromatic N) is 1. The second-order valence-electron chi connectivity index (χ2n) is 11.6. The smallest absolute Gasteiger partial charge is 0.362 e. The molecule has 0 radical (unpaired) electrons. The molecule has 0 aliphatic heterocycles. The van der Waals surface area contributed by atoms with Crippen molar-refractivity contribution in [1.82, 2.24) is 0 Å². The molecule has 0 aromatic rings. The number of hydrogen-bond donors (Lipinski definition) is 2. The quantitative estimate of drug-likeness (QED) is 0.0584. The van der Waals surface area contributed by atoms with E-state index in [1.54, 1.807) is 0 Å². The Morgan fingerprint density at radius 1 is 0.575 bits per heavy atom. The lowest BCUT2D eigenvalue weighted by atomic mass is 9.92. The summed E-state index contributed by atoms with van der Waals surface area (Å²) in [4.78, 5) is 37.5. The molecule has 0 aromatic carbocycles. The predicted molar refractivity (Wildman–Crippen MR) is 161 cm³/mol. The molecular formula is C33H61NO6. The number of hydrogen-bond acceptors (Lipinski definition) is 4. The number of rotatable bonds is 28. The highest BCUT2D eigenvalue weighted by atomic mass is 16.4. The highest BCUT2D eigenvalue weighted by Gasteiger charge is 2.54. The van der Waals surface area contributed by atoms with Crippen molar-refractivity contribution in [3.63, 3.8) is 0 Å². The second-order valence-corrected chi connectivity index (χ2v) is 11.6. The van der Waals surface area contributed by atoms with Crippen molar-refractivity contribution in [3.8, 4) is 0 Å². The van der Waals surface area contributed by atoms with Gasteiger partial charge in [-0.2, -0.15) is 0 Å². The second kappa shape index (κ2) is 23.8. The van der Waals surface area contributed by atoms with Crippen molar-refractivity contribution in [1.29, 1.82) is 0 Å². The molecule has 234 valence electrons. The molecule has 40 heavy (non-hydrogen) atoms. The molecule has 0 fully saturated rings. The summed E-state index contributed by atoms with van der Waals surface area (Å²) in [6.07, 6.45) is 23.4. The lowest BCUT2D eigenvalue weighted by Gasteiger charge is -2.51. The van der Waals surface area contributed by atoms with E-state index in [2.05, 4.69) is 6.92 Å². The lowest BCUT2D eigenvalue weighted by molar-refractivity contribution is -0.970. The minimum absolute atomic E-state index is 0.0605. The SMILES string of the molecule is CCCCCCCCCCCCCCC/C=C/C[N+](C(CCC)C(=O)[O-])(C(CCC)C(=O)O)C(CCC)C(=O)O. The van der Waals surface area contributed by atoms with Crippen molar-refractivity contribution in [2.75, 3.05) is 6.54 Å². The molecule has 0 aliphatic carbocycles. The van der Waals surface area contributed by atoms with Gasteiger partial charge in [0, 0.05) is 19.3 Å². The van der Waals surface area contributed by atoms with E-state index in [0.29, 0.717) is 19.3 Å². The van der Waals surface area contributed by atoms with Crippen LogP contribution in [-0.4, -0.2) is 57.3 Å². The van der Waals surface area contributed by atoms with Crippen LogP contribution in [0.2, 0.25) is 0 Å². The monoisotopic (exact) mass is 567 g/mol. The first-order valence-corrected chi connectivity index (χ1v) is 16.4. The van der Waals surface area contributed by atoms with Gasteiger partial charge in [-0.05, 0) is 31.8 Å². The van der Waals surface area contributed by atoms with Gasteiger partial charge >= 0.3 is 11.9 Å². The zero-order valence-electron chi connectivity index (χ0n) is 26.2. The van der Waals surface area contributed by atoms with Gasteiger partial charge < -0.3 is 20.1 Å². The van der Waals surface area contributed by atoms with Crippen LogP contribution in [0.1, 0.15) is 156 Å². The van der Waals surface area contributed by atoms with Crippen molar-refractivity contribution >= 4 is 17.9 Å². The predicted octanol–water partition coefficient (Wildman–Crippen LogP) is 7.27. The number of allylic oxidation sites excluding steroid dienone is 1. The van der Waals surface area contributed by atoms with Crippen LogP contribution in [0.4, 0.5) is 0 Å². The third kappa shape index (κ3) is 14.1. The van der Waals surface area contributed by atoms with E-state index in [4.69, 9.17) is 0 Å². The molecule has 0 saturated heterocycles. The Labute approximate surface area is 245 Å². The molecule has 0 bridgehead atoms. The summed E-state index contributed by atoms with van der Waals surface area (Å²) >= 11 is 0. The summed E-state index contributed by atoms with van der Waals surface area (Å²) in [5.74, 6) is -3.65. The third-order valence-electron chi connectivity index (χ3n) is 8.33. The van der Waals surface area contributed by atoms with Gasteiger partial charge in [0.1, 0.15) is 6.04 Å². The van der Waals surface area contributed by atoms with Gasteiger partial charge in [-0.15, -0.1) is 0 Å². The van der Waals surface area contributed by atoms with Crippen LogP contribution < -0.4 is 5.11 Å². The topological polar surface area (TPSA) is 115 Å². The Kier molecular flexibility index (Phi) is 22.7. The zero-order chi connectivity index (χ0) is 30.2. The van der Waals surface area contributed by atoms with Gasteiger partial charge in [-0.1, -0.05) is 117 Å². The first-order chi connectivity index (χ1) is 19.2. The van der Waals surface area contributed by atoms with Crippen LogP contribution in [0.15, 0.2) is 12.2 Å². The molecule has 3 atom stereocenters. The van der Waals surface area contributed by atoms with Gasteiger partial charge in [0.25, 0.3) is 0 Å². The fourth-order valence-corrected chi connectivity index (χ4v) is 6.20. The number of carbonyl (C=O) groups excluding carboxylic acids is 1. The van der Waals surface area contributed by atoms with E-state index < -0.39 is 40.5 Å². The molecule has 0 amide bonds. The summed E-state index contributed by atoms with van der Waals surface area (Å²) in [5.41, 5.74) is 0. The molecule has 7 heteroatoms. The fraction of sp³-hybridized carbons (Fsp3) is 0.848. The number of unbranched alkanes of at least 4 members (excludes halogenated alkanes) is 13. The Morgan fingerprint density at radius 3 is 1.30 bits per heavy atom. The Bertz CT molecular complexity index is 647. The first kappa shape index (κ1) is 38.1. The first-order valence-electron chi connectivity index (χ1n) is 16.4. The van der Waals surface area contributed by atoms with Crippen molar-refractivity contribution in [2.45, 2.75) is 174 Å². The molecule has 0 aliphatic rings. The maximum Gasteiger partial charge on any atom is 0.362 e. The average molecular weight is 568 g/mol. The van der Waals surface area contributed by atoms with E-state index in [-0.39, 0.29) is 25.8 Å². The van der Waals surface area contributed by atoms with Crippen LogP contribution in [0.3, 0.4) is 0 Å². The lowest BCUT2D eigenvalue weighted by Crippen LogP contribution is -2.73. The number of carboxylic acids is 3. The van der Waals surface area contributed by atoms with Crippen LogP contribution in [-0.2, 0) is 14.4 Å². The van der Waals surface area contributed by atoms with Gasteiger partial charge in [0.2, 0.25) is 0 Å². The Balaban J connectivity index is 5.21. The van der Waals surface area contributed by atoms with Crippen LogP contribution in [0.5, 0.6) is 0 Å². The van der Waals surface area contributed by atoms with Gasteiger partial charge in [0.15, 0.2) is 12.1 Å². The highest BCUT2D eigenvalue weighted by molar-refractivity contribution is 5.77. The third-order valence-corrected chi connectivity index (χ3v) is 8.33.